The van der Waals surface area contributed by atoms with Gasteiger partial charge in [0.15, 0.2) is 11.0 Å². The smallest absolute Gasteiger partial charge is 0.341 e. The number of amides is 1. The number of carbonyl (C=O) groups is 2. The Morgan fingerprint density at radius 3 is 2.38 bits per heavy atom. The van der Waals surface area contributed by atoms with Crippen molar-refractivity contribution < 1.29 is 14.3 Å². The first kappa shape index (κ1) is 27.8. The summed E-state index contributed by atoms with van der Waals surface area (Å²) in [6.45, 7) is 6.82. The lowest BCUT2D eigenvalue weighted by Crippen LogP contribution is -2.16. The summed E-state index contributed by atoms with van der Waals surface area (Å²) in [4.78, 5) is 26.9. The molecule has 0 fully saturated rings. The maximum Gasteiger partial charge on any atom is 0.341 e. The van der Waals surface area contributed by atoms with Crippen LogP contribution in [0.1, 0.15) is 27.7 Å². The minimum absolute atomic E-state index is 0.116. The van der Waals surface area contributed by atoms with Crippen LogP contribution in [0.2, 0.25) is 0 Å². The van der Waals surface area contributed by atoms with Gasteiger partial charge in [-0.25, -0.2) is 4.79 Å². The molecule has 0 bridgehead atoms. The molecule has 5 rings (SSSR count). The van der Waals surface area contributed by atoms with Gasteiger partial charge in [0.05, 0.1) is 12.9 Å². The molecule has 40 heavy (non-hydrogen) atoms. The zero-order chi connectivity index (χ0) is 28.2. The molecule has 10 heteroatoms. The van der Waals surface area contributed by atoms with Gasteiger partial charge in [0.1, 0.15) is 10.6 Å². The van der Waals surface area contributed by atoms with E-state index in [1.165, 1.54) is 35.1 Å². The molecule has 0 aliphatic heterocycles. The van der Waals surface area contributed by atoms with Crippen LogP contribution in [0.4, 0.5) is 5.00 Å². The molecule has 3 heterocycles. The molecular weight excluding hydrogens is 561 g/mol. The van der Waals surface area contributed by atoms with Crippen LogP contribution < -0.4 is 5.32 Å². The Hall–Kier alpha value is -3.73. The summed E-state index contributed by atoms with van der Waals surface area (Å²) in [5, 5.41) is 17.0. The van der Waals surface area contributed by atoms with Crippen molar-refractivity contribution in [2.75, 3.05) is 18.2 Å². The number of anilines is 1. The predicted octanol–water partition coefficient (Wildman–Crippen LogP) is 7.56. The van der Waals surface area contributed by atoms with Gasteiger partial charge in [-0.2, -0.15) is 0 Å². The molecule has 0 unspecified atom stereocenters. The van der Waals surface area contributed by atoms with Gasteiger partial charge in [-0.3, -0.25) is 4.79 Å². The lowest BCUT2D eigenvalue weighted by Gasteiger charge is -2.10. The first-order chi connectivity index (χ1) is 19.4. The Balaban J connectivity index is 1.35. The first-order valence-electron chi connectivity index (χ1n) is 12.7. The van der Waals surface area contributed by atoms with Crippen LogP contribution in [0, 0.1) is 13.8 Å². The second-order valence-electron chi connectivity index (χ2n) is 9.04. The molecule has 2 aromatic carbocycles. The number of ether oxygens (including phenoxy) is 1. The summed E-state index contributed by atoms with van der Waals surface area (Å²) in [6, 6.07) is 18.2. The lowest BCUT2D eigenvalue weighted by molar-refractivity contribution is -0.113. The predicted molar refractivity (Wildman–Crippen MR) is 164 cm³/mol. The standard InChI is InChI=1S/C30H28N4O3S3/c1-5-34-27(23-16-38-19(3)25(23)21-9-7-6-8-10-21)32-33-30(34)40-17-24(35)31-28-26(29(36)37-4)22(15-39-28)20-13-11-18(2)12-14-20/h6-16H,5,17H2,1-4H3,(H,31,35). The number of carbonyl (C=O) groups excluding carboxylic acids is 2. The second kappa shape index (κ2) is 12.2. The van der Waals surface area contributed by atoms with Crippen molar-refractivity contribution in [1.82, 2.24) is 14.8 Å². The number of hydrogen-bond acceptors (Lipinski definition) is 8. The van der Waals surface area contributed by atoms with E-state index in [4.69, 9.17) is 4.74 Å². The van der Waals surface area contributed by atoms with Gasteiger partial charge < -0.3 is 14.6 Å². The number of thiophene rings is 2. The molecular formula is C30H28N4O3S3. The summed E-state index contributed by atoms with van der Waals surface area (Å²) in [7, 11) is 1.34. The van der Waals surface area contributed by atoms with Gasteiger partial charge in [-0.15, -0.1) is 32.9 Å². The fourth-order valence-corrected chi connectivity index (χ4v) is 7.10. The van der Waals surface area contributed by atoms with Crippen molar-refractivity contribution >= 4 is 51.3 Å². The van der Waals surface area contributed by atoms with Crippen LogP contribution in [0.5, 0.6) is 0 Å². The van der Waals surface area contributed by atoms with Crippen molar-refractivity contribution in [3.8, 4) is 33.6 Å². The van der Waals surface area contributed by atoms with E-state index in [0.29, 0.717) is 22.3 Å². The highest BCUT2D eigenvalue weighted by Gasteiger charge is 2.24. The van der Waals surface area contributed by atoms with Gasteiger partial charge >= 0.3 is 5.97 Å². The Labute approximate surface area is 245 Å². The molecule has 0 radical (unpaired) electrons. The van der Waals surface area contributed by atoms with Gasteiger partial charge in [0.25, 0.3) is 0 Å². The highest BCUT2D eigenvalue weighted by Crippen LogP contribution is 2.39. The number of esters is 1. The van der Waals surface area contributed by atoms with Crippen molar-refractivity contribution in [2.45, 2.75) is 32.5 Å². The van der Waals surface area contributed by atoms with E-state index in [9.17, 15) is 9.59 Å². The number of nitrogens with one attached hydrogen (secondary N) is 1. The topological polar surface area (TPSA) is 86.1 Å². The molecule has 0 aliphatic carbocycles. The number of rotatable bonds is 9. The Kier molecular flexibility index (Phi) is 8.49. The number of thioether (sulfide) groups is 1. The molecule has 204 valence electrons. The number of aromatic nitrogens is 3. The van der Waals surface area contributed by atoms with Crippen LogP contribution in [-0.4, -0.2) is 39.5 Å². The number of nitrogens with zero attached hydrogens (tertiary/aromatic N) is 3. The molecule has 0 spiro atoms. The van der Waals surface area contributed by atoms with Crippen LogP contribution in [0.15, 0.2) is 70.5 Å². The van der Waals surface area contributed by atoms with Crippen LogP contribution in [0.3, 0.4) is 0 Å². The average Bonchev–Trinajstić information content (AvgIpc) is 3.68. The Bertz CT molecular complexity index is 1650. The highest BCUT2D eigenvalue weighted by molar-refractivity contribution is 7.99. The quantitative estimate of drug-likeness (QED) is 0.141. The SMILES string of the molecule is CCn1c(SCC(=O)Nc2scc(-c3ccc(C)cc3)c2C(=O)OC)nnc1-c1csc(C)c1-c1ccccc1. The van der Waals surface area contributed by atoms with Gasteiger partial charge in [0, 0.05) is 38.9 Å². The van der Waals surface area contributed by atoms with E-state index >= 15 is 0 Å². The molecule has 0 saturated carbocycles. The molecule has 0 atom stereocenters. The van der Waals surface area contributed by atoms with E-state index in [-0.39, 0.29) is 11.7 Å². The zero-order valence-corrected chi connectivity index (χ0v) is 25.0. The molecule has 1 N–H and O–H groups in total. The fraction of sp³-hybridized carbons (Fsp3) is 0.200. The normalized spacial score (nSPS) is 11.0. The summed E-state index contributed by atoms with van der Waals surface area (Å²) in [5.74, 6) is 0.166. The average molecular weight is 589 g/mol. The van der Waals surface area contributed by atoms with E-state index in [1.807, 2.05) is 66.3 Å². The molecule has 0 aliphatic rings. The molecule has 3 aromatic heterocycles. The third kappa shape index (κ3) is 5.60. The van der Waals surface area contributed by atoms with E-state index in [2.05, 4.69) is 40.0 Å². The van der Waals surface area contributed by atoms with E-state index in [1.54, 1.807) is 11.3 Å². The second-order valence-corrected chi connectivity index (χ2v) is 12.0. The minimum Gasteiger partial charge on any atom is -0.465 e. The molecule has 0 saturated heterocycles. The first-order valence-corrected chi connectivity index (χ1v) is 15.4. The molecule has 5 aromatic rings. The number of hydrogen-bond donors (Lipinski definition) is 1. The molecule has 7 nitrogen and oxygen atoms in total. The van der Waals surface area contributed by atoms with Gasteiger partial charge in [-0.1, -0.05) is 71.9 Å². The lowest BCUT2D eigenvalue weighted by atomic mass is 10.0. The Morgan fingerprint density at radius 1 is 0.950 bits per heavy atom. The van der Waals surface area contributed by atoms with Gasteiger partial charge in [-0.05, 0) is 31.9 Å². The number of benzene rings is 2. The van der Waals surface area contributed by atoms with Crippen molar-refractivity contribution in [3.05, 3.63) is 81.4 Å². The summed E-state index contributed by atoms with van der Waals surface area (Å²) in [6.07, 6.45) is 0. The number of methoxy groups -OCH3 is 1. The van der Waals surface area contributed by atoms with Crippen LogP contribution in [0.25, 0.3) is 33.6 Å². The monoisotopic (exact) mass is 588 g/mol. The van der Waals surface area contributed by atoms with Crippen molar-refractivity contribution in [3.63, 3.8) is 0 Å². The maximum absolute atomic E-state index is 13.0. The number of aryl methyl sites for hydroxylation is 2. The van der Waals surface area contributed by atoms with Crippen LogP contribution >= 0.6 is 34.4 Å². The minimum atomic E-state index is -0.490. The van der Waals surface area contributed by atoms with E-state index < -0.39 is 5.97 Å². The largest absolute Gasteiger partial charge is 0.465 e. The zero-order valence-electron chi connectivity index (χ0n) is 22.6. The Morgan fingerprint density at radius 2 is 1.68 bits per heavy atom. The highest BCUT2D eigenvalue weighted by atomic mass is 32.2. The fourth-order valence-electron chi connectivity index (χ4n) is 4.46. The summed E-state index contributed by atoms with van der Waals surface area (Å²) >= 11 is 4.31. The van der Waals surface area contributed by atoms with E-state index in [0.717, 1.165) is 39.2 Å². The molecule has 1 amide bonds. The summed E-state index contributed by atoms with van der Waals surface area (Å²) in [5.41, 5.74) is 6.42. The van der Waals surface area contributed by atoms with Crippen molar-refractivity contribution in [2.24, 2.45) is 0 Å². The van der Waals surface area contributed by atoms with Gasteiger partial charge in [0.2, 0.25) is 5.91 Å². The third-order valence-electron chi connectivity index (χ3n) is 6.44. The van der Waals surface area contributed by atoms with Crippen LogP contribution in [-0.2, 0) is 16.1 Å². The maximum atomic E-state index is 13.0. The van der Waals surface area contributed by atoms with Crippen molar-refractivity contribution in [1.29, 1.82) is 0 Å². The summed E-state index contributed by atoms with van der Waals surface area (Å²) < 4.78 is 7.07. The third-order valence-corrected chi connectivity index (χ3v) is 9.21.